The van der Waals surface area contributed by atoms with E-state index in [4.69, 9.17) is 4.98 Å². The van der Waals surface area contributed by atoms with Gasteiger partial charge >= 0.3 is 0 Å². The molecule has 0 unspecified atom stereocenters. The van der Waals surface area contributed by atoms with Gasteiger partial charge in [-0.15, -0.1) is 47.6 Å². The maximum absolute atomic E-state index is 15.2. The molecule has 0 spiro atoms. The fraction of sp³-hybridized carbons (Fsp3) is 0.192. The molecule has 6 aromatic carbocycles. The first-order valence-electron chi connectivity index (χ1n) is 20.0. The maximum atomic E-state index is 15.2. The molecular formula is C52H47N4O2PtS-3. The molecule has 0 aliphatic carbocycles. The summed E-state index contributed by atoms with van der Waals surface area (Å²) in [5, 5.41) is 1.90. The van der Waals surface area contributed by atoms with Crippen LogP contribution in [0, 0.1) is 32.6 Å². The quantitative estimate of drug-likeness (QED) is 0.155. The number of benzene rings is 6. The summed E-state index contributed by atoms with van der Waals surface area (Å²) in [5.74, 6) is 0.703. The number of hydrogen-bond donors (Lipinski definition) is 0. The third-order valence-corrected chi connectivity index (χ3v) is 13.1. The van der Waals surface area contributed by atoms with Crippen molar-refractivity contribution in [1.82, 2.24) is 9.55 Å². The Kier molecular flexibility index (Phi) is 10.5. The van der Waals surface area contributed by atoms with Crippen LogP contribution < -0.4 is 9.80 Å². The number of para-hydroxylation sites is 1. The summed E-state index contributed by atoms with van der Waals surface area (Å²) in [6, 6.07) is 49.6. The zero-order valence-corrected chi connectivity index (χ0v) is 38.2. The van der Waals surface area contributed by atoms with Crippen LogP contribution in [-0.4, -0.2) is 18.0 Å². The van der Waals surface area contributed by atoms with Gasteiger partial charge in [-0.2, -0.15) is 12.1 Å². The van der Waals surface area contributed by atoms with E-state index < -0.39 is 9.84 Å². The molecule has 0 saturated heterocycles. The summed E-state index contributed by atoms with van der Waals surface area (Å²) in [5.41, 5.74) is 11.2. The number of sulfone groups is 1. The summed E-state index contributed by atoms with van der Waals surface area (Å²) in [6.45, 7) is 19.1. The van der Waals surface area contributed by atoms with Crippen LogP contribution in [0.2, 0.25) is 0 Å². The molecule has 0 radical (unpaired) electrons. The monoisotopic (exact) mass is 986 g/mol. The Morgan fingerprint density at radius 2 is 1.28 bits per heavy atom. The fourth-order valence-electron chi connectivity index (χ4n) is 7.98. The van der Waals surface area contributed by atoms with E-state index in [1.165, 1.54) is 5.56 Å². The van der Waals surface area contributed by atoms with Crippen LogP contribution in [0.4, 0.5) is 22.7 Å². The van der Waals surface area contributed by atoms with E-state index in [0.29, 0.717) is 17.0 Å². The number of anilines is 4. The first-order valence-corrected chi connectivity index (χ1v) is 21.5. The number of pyridine rings is 1. The number of fused-ring (bicyclic) bond motifs is 4. The van der Waals surface area contributed by atoms with Crippen molar-refractivity contribution in [2.75, 3.05) is 9.80 Å². The van der Waals surface area contributed by atoms with Crippen LogP contribution in [0.25, 0.3) is 38.8 Å². The molecule has 0 fully saturated rings. The number of hydrogen-bond acceptors (Lipinski definition) is 5. The van der Waals surface area contributed by atoms with Crippen LogP contribution in [0.3, 0.4) is 0 Å². The van der Waals surface area contributed by atoms with E-state index >= 15 is 8.42 Å². The molecule has 0 saturated carbocycles. The van der Waals surface area contributed by atoms with E-state index in [0.717, 1.165) is 61.2 Å². The second-order valence-electron chi connectivity index (χ2n) is 17.6. The minimum Gasteiger partial charge on any atom is -0.493 e. The largest absolute Gasteiger partial charge is 0.493 e. The van der Waals surface area contributed by atoms with Gasteiger partial charge in [0.05, 0.1) is 0 Å². The van der Waals surface area contributed by atoms with E-state index in [-0.39, 0.29) is 41.7 Å². The van der Waals surface area contributed by atoms with Crippen molar-refractivity contribution in [2.45, 2.75) is 76.0 Å². The molecule has 0 bridgehead atoms. The molecule has 1 aliphatic rings. The topological polar surface area (TPSA) is 58.4 Å². The van der Waals surface area contributed by atoms with Gasteiger partial charge in [0.25, 0.3) is 0 Å². The Balaban J connectivity index is 0.00000499. The minimum atomic E-state index is -4.15. The zero-order chi connectivity index (χ0) is 41.4. The average molecular weight is 987 g/mol. The number of aryl methyl sites for hydroxylation is 2. The Hall–Kier alpha value is -5.49. The minimum absolute atomic E-state index is 0. The summed E-state index contributed by atoms with van der Waals surface area (Å²) < 4.78 is 32.4. The van der Waals surface area contributed by atoms with Crippen LogP contribution >= 0.6 is 0 Å². The Morgan fingerprint density at radius 1 is 0.633 bits per heavy atom. The summed E-state index contributed by atoms with van der Waals surface area (Å²) in [6.07, 6.45) is 1.83. The van der Waals surface area contributed by atoms with Crippen molar-refractivity contribution in [3.63, 3.8) is 0 Å². The Morgan fingerprint density at radius 3 is 1.95 bits per heavy atom. The molecule has 2 aromatic heterocycles. The van der Waals surface area contributed by atoms with E-state index in [1.807, 2.05) is 61.4 Å². The molecule has 0 N–H and O–H groups in total. The molecule has 8 heteroatoms. The van der Waals surface area contributed by atoms with Crippen molar-refractivity contribution in [2.24, 2.45) is 0 Å². The zero-order valence-electron chi connectivity index (χ0n) is 35.1. The van der Waals surface area contributed by atoms with Crippen molar-refractivity contribution < 1.29 is 29.5 Å². The van der Waals surface area contributed by atoms with Gasteiger partial charge in [-0.05, 0) is 110 Å². The van der Waals surface area contributed by atoms with Crippen LogP contribution in [0.5, 0.6) is 0 Å². The van der Waals surface area contributed by atoms with Crippen LogP contribution in [0.1, 0.15) is 63.8 Å². The van der Waals surface area contributed by atoms with Crippen molar-refractivity contribution in [3.8, 4) is 16.9 Å². The molecule has 306 valence electrons. The van der Waals surface area contributed by atoms with E-state index in [1.54, 1.807) is 12.1 Å². The third-order valence-electron chi connectivity index (χ3n) is 11.5. The van der Waals surface area contributed by atoms with Crippen LogP contribution in [0.15, 0.2) is 143 Å². The van der Waals surface area contributed by atoms with Gasteiger partial charge in [0.15, 0.2) is 9.84 Å². The average Bonchev–Trinajstić information content (AvgIpc) is 3.76. The van der Waals surface area contributed by atoms with Gasteiger partial charge in [-0.1, -0.05) is 108 Å². The molecule has 3 heterocycles. The number of aromatic nitrogens is 2. The normalized spacial score (nSPS) is 13.2. The van der Waals surface area contributed by atoms with Gasteiger partial charge in [-0.3, -0.25) is 0 Å². The van der Waals surface area contributed by atoms with Gasteiger partial charge in [0.1, 0.15) is 5.82 Å². The molecule has 8 aromatic rings. The first kappa shape index (κ1) is 41.3. The standard InChI is InChI=1S/C52H47N4O2S.Pt/c1-34-26-47-48(27-35(34)2)55(33-54(47)39-18-13-10-14-19-39)40-28-38(52(6,7)8)29-42(31-40)59(57,58)41-22-23-44-46(32-41)56(49-30-37(24-25-53-49)51(3,4)5)45-21-15-20-43(50(44)45)36-16-11-9-12-17-36;/h9-30,33H,1-8H3;/q-3;. The predicted molar refractivity (Wildman–Crippen MR) is 242 cm³/mol. The van der Waals surface area contributed by atoms with Crippen molar-refractivity contribution in [1.29, 1.82) is 0 Å². The van der Waals surface area contributed by atoms with Gasteiger partial charge in [-0.25, -0.2) is 13.4 Å². The molecule has 1 aliphatic heterocycles. The van der Waals surface area contributed by atoms with Gasteiger partial charge in [0.2, 0.25) is 0 Å². The molecule has 9 rings (SSSR count). The van der Waals surface area contributed by atoms with Gasteiger partial charge in [0, 0.05) is 49.8 Å². The summed E-state index contributed by atoms with van der Waals surface area (Å²) in [7, 11) is -4.15. The fourth-order valence-corrected chi connectivity index (χ4v) is 9.22. The SMILES string of the molecule is Cc1cc2c(cc1C)N(c1ccccc1)[CH-]N2c1[c-]c(S(=O)(=O)c2[c-]c3c(cc2)c2c(-c4ccccc4)cccc2n3-c2cc(C(C)(C)C)ccn2)cc(C(C)(C)C)c1.[Pt]. The molecule has 6 nitrogen and oxygen atoms in total. The Labute approximate surface area is 368 Å². The van der Waals surface area contributed by atoms with Crippen molar-refractivity contribution >= 4 is 54.4 Å². The van der Waals surface area contributed by atoms with Crippen molar-refractivity contribution in [3.05, 3.63) is 175 Å². The number of nitrogens with zero attached hydrogens (tertiary/aromatic N) is 4. The maximum Gasteiger partial charge on any atom is 0.160 e. The first-order chi connectivity index (χ1) is 28.1. The van der Waals surface area contributed by atoms with E-state index in [2.05, 4.69) is 149 Å². The van der Waals surface area contributed by atoms with E-state index in [9.17, 15) is 0 Å². The smallest absolute Gasteiger partial charge is 0.160 e. The summed E-state index contributed by atoms with van der Waals surface area (Å²) >= 11 is 0. The molecule has 0 amide bonds. The Bertz CT molecular complexity index is 3040. The van der Waals surface area contributed by atoms with Gasteiger partial charge < -0.3 is 14.4 Å². The van der Waals surface area contributed by atoms with Crippen LogP contribution in [-0.2, 0) is 41.7 Å². The second-order valence-corrected chi connectivity index (χ2v) is 19.5. The molecule has 60 heavy (non-hydrogen) atoms. The summed E-state index contributed by atoms with van der Waals surface area (Å²) in [4.78, 5) is 9.25. The second kappa shape index (κ2) is 15.2. The number of rotatable bonds is 6. The molecule has 0 atom stereocenters. The third kappa shape index (κ3) is 7.16. The predicted octanol–water partition coefficient (Wildman–Crippen LogP) is 12.9. The molecular weight excluding hydrogens is 940 g/mol.